The van der Waals surface area contributed by atoms with Crippen molar-refractivity contribution in [3.63, 3.8) is 0 Å². The van der Waals surface area contributed by atoms with E-state index in [2.05, 4.69) is 6.08 Å². The number of phenols is 1. The molecule has 192 valence electrons. The van der Waals surface area contributed by atoms with Crippen molar-refractivity contribution in [3.05, 3.63) is 53.6 Å². The van der Waals surface area contributed by atoms with Crippen LogP contribution in [-0.2, 0) is 19.2 Å². The zero-order valence-electron chi connectivity index (χ0n) is 21.2. The van der Waals surface area contributed by atoms with E-state index >= 15 is 0 Å². The molecule has 4 amide bonds. The molecule has 2 aliphatic heterocycles. The van der Waals surface area contributed by atoms with Crippen molar-refractivity contribution in [3.8, 4) is 5.75 Å². The van der Waals surface area contributed by atoms with Crippen LogP contribution in [0.2, 0.25) is 0 Å². The van der Waals surface area contributed by atoms with E-state index in [9.17, 15) is 24.3 Å². The highest BCUT2D eigenvalue weighted by atomic mass is 16.3. The summed E-state index contributed by atoms with van der Waals surface area (Å²) in [5.74, 6) is -3.03. The van der Waals surface area contributed by atoms with Crippen LogP contribution < -0.4 is 0 Å². The van der Waals surface area contributed by atoms with Crippen molar-refractivity contribution in [2.45, 2.75) is 45.4 Å². The number of hydrogen-bond acceptors (Lipinski definition) is 5. The van der Waals surface area contributed by atoms with Crippen molar-refractivity contribution >= 4 is 34.4 Å². The number of allylic oxidation sites excluding steroid dienone is 2. The predicted molar refractivity (Wildman–Crippen MR) is 137 cm³/mol. The number of benzene rings is 2. The summed E-state index contributed by atoms with van der Waals surface area (Å²) in [4.78, 5) is 57.0. The van der Waals surface area contributed by atoms with Crippen LogP contribution in [-0.4, -0.2) is 51.6 Å². The Morgan fingerprint density at radius 1 is 0.757 bits per heavy atom. The second-order valence-corrected chi connectivity index (χ2v) is 10.9. The second kappa shape index (κ2) is 8.82. The summed E-state index contributed by atoms with van der Waals surface area (Å²) in [6.07, 6.45) is 4.34. The summed E-state index contributed by atoms with van der Waals surface area (Å²) >= 11 is 0. The molecule has 7 nitrogen and oxygen atoms in total. The third-order valence-corrected chi connectivity index (χ3v) is 9.00. The average Bonchev–Trinajstić information content (AvgIpc) is 3.29. The molecule has 6 atom stereocenters. The van der Waals surface area contributed by atoms with Crippen LogP contribution in [0.5, 0.6) is 5.75 Å². The molecular weight excluding hydrogens is 468 g/mol. The Morgan fingerprint density at radius 3 is 2.05 bits per heavy atom. The van der Waals surface area contributed by atoms with Gasteiger partial charge in [0.15, 0.2) is 0 Å². The molecule has 0 radical (unpaired) electrons. The van der Waals surface area contributed by atoms with Gasteiger partial charge in [0.1, 0.15) is 5.75 Å². The van der Waals surface area contributed by atoms with Gasteiger partial charge in [-0.2, -0.15) is 0 Å². The van der Waals surface area contributed by atoms with Crippen molar-refractivity contribution < 1.29 is 24.3 Å². The predicted octanol–water partition coefficient (Wildman–Crippen LogP) is 4.00. The Morgan fingerprint density at radius 2 is 1.38 bits per heavy atom. The van der Waals surface area contributed by atoms with Crippen molar-refractivity contribution in [2.24, 2.45) is 29.6 Å². The average molecular weight is 501 g/mol. The Kier molecular flexibility index (Phi) is 5.70. The van der Waals surface area contributed by atoms with Crippen molar-refractivity contribution in [1.82, 2.24) is 9.80 Å². The van der Waals surface area contributed by atoms with E-state index in [1.807, 2.05) is 44.2 Å². The van der Waals surface area contributed by atoms with E-state index in [4.69, 9.17) is 0 Å². The number of amides is 4. The number of carbonyl (C=O) groups excluding carboxylic acids is 4. The summed E-state index contributed by atoms with van der Waals surface area (Å²) in [6, 6.07) is 11.1. The number of carbonyl (C=O) groups is 4. The van der Waals surface area contributed by atoms with Gasteiger partial charge in [-0.3, -0.25) is 29.0 Å². The molecular formula is C30H32N2O5. The Bertz CT molecular complexity index is 1360. The number of hydrogen-bond donors (Lipinski definition) is 1. The topological polar surface area (TPSA) is 95.0 Å². The van der Waals surface area contributed by atoms with Gasteiger partial charge in [0.05, 0.1) is 23.7 Å². The largest absolute Gasteiger partial charge is 0.507 e. The van der Waals surface area contributed by atoms with Crippen LogP contribution in [0.3, 0.4) is 0 Å². The maximum atomic E-state index is 13.8. The smallest absolute Gasteiger partial charge is 0.234 e. The van der Waals surface area contributed by atoms with Crippen molar-refractivity contribution in [2.75, 3.05) is 13.1 Å². The van der Waals surface area contributed by atoms with Gasteiger partial charge in [0.25, 0.3) is 0 Å². The van der Waals surface area contributed by atoms with Crippen LogP contribution >= 0.6 is 0 Å². The van der Waals surface area contributed by atoms with Gasteiger partial charge in [-0.25, -0.2) is 0 Å². The summed E-state index contributed by atoms with van der Waals surface area (Å²) in [7, 11) is 0. The Balaban J connectivity index is 1.53. The maximum absolute atomic E-state index is 13.8. The highest BCUT2D eigenvalue weighted by Crippen LogP contribution is 2.58. The Labute approximate surface area is 216 Å². The van der Waals surface area contributed by atoms with Gasteiger partial charge in [-0.05, 0) is 48.6 Å². The van der Waals surface area contributed by atoms with Crippen molar-refractivity contribution in [1.29, 1.82) is 0 Å². The molecule has 3 fully saturated rings. The van der Waals surface area contributed by atoms with Gasteiger partial charge in [-0.15, -0.1) is 0 Å². The van der Waals surface area contributed by atoms with Gasteiger partial charge >= 0.3 is 0 Å². The number of imide groups is 2. The lowest BCUT2D eigenvalue weighted by Crippen LogP contribution is -2.43. The lowest BCUT2D eigenvalue weighted by Gasteiger charge is -2.44. The lowest BCUT2D eigenvalue weighted by atomic mass is 9.57. The van der Waals surface area contributed by atoms with E-state index in [0.29, 0.717) is 44.2 Å². The minimum absolute atomic E-state index is 0.109. The molecule has 2 aliphatic carbocycles. The van der Waals surface area contributed by atoms with Gasteiger partial charge in [-0.1, -0.05) is 55.8 Å². The number of phenolic OH excluding ortho intramolecular Hbond substituents is 1. The van der Waals surface area contributed by atoms with Crippen LogP contribution in [0, 0.1) is 29.6 Å². The van der Waals surface area contributed by atoms with E-state index in [0.717, 1.165) is 16.5 Å². The van der Waals surface area contributed by atoms with Gasteiger partial charge in [0, 0.05) is 24.4 Å². The van der Waals surface area contributed by atoms with Crippen LogP contribution in [0.4, 0.5) is 0 Å². The minimum atomic E-state index is -0.551. The third kappa shape index (κ3) is 3.32. The molecule has 2 heterocycles. The molecule has 7 heteroatoms. The van der Waals surface area contributed by atoms with E-state index in [-0.39, 0.29) is 35.3 Å². The molecule has 1 saturated carbocycles. The molecule has 1 N–H and O–H groups in total. The monoisotopic (exact) mass is 500 g/mol. The molecule has 2 saturated heterocycles. The summed E-state index contributed by atoms with van der Waals surface area (Å²) in [6.45, 7) is 4.69. The number of fused-ring (bicyclic) bond motifs is 5. The zero-order chi connectivity index (χ0) is 26.0. The lowest BCUT2D eigenvalue weighted by molar-refractivity contribution is -0.142. The number of rotatable bonds is 5. The molecule has 0 aromatic heterocycles. The SMILES string of the molecule is CCCN1C(=O)C2CC=C3C(CC4C(=O)N(CCC)C(=O)C4C3c3ccc(O)c4ccccc34)C2C1=O. The van der Waals surface area contributed by atoms with Crippen LogP contribution in [0.1, 0.15) is 51.0 Å². The first-order valence-electron chi connectivity index (χ1n) is 13.5. The fraction of sp³-hybridized carbons (Fsp3) is 0.467. The second-order valence-electron chi connectivity index (χ2n) is 10.9. The quantitative estimate of drug-likeness (QED) is 0.495. The molecule has 6 unspecified atom stereocenters. The Hall–Kier alpha value is -3.48. The minimum Gasteiger partial charge on any atom is -0.507 e. The van der Waals surface area contributed by atoms with Crippen LogP contribution in [0.15, 0.2) is 48.0 Å². The highest BCUT2D eigenvalue weighted by Gasteiger charge is 2.61. The standard InChI is InChI=1S/C30H32N2O5/c1-3-13-31-27(34)20-10-9-19-21(25(20)29(31)36)15-22-26(30(37)32(14-4-2)28(22)35)24(19)18-11-12-23(33)17-8-6-5-7-16(17)18/h5-9,11-12,20-22,24-26,33H,3-4,10,13-15H2,1-2H3. The molecule has 0 spiro atoms. The number of aromatic hydroxyl groups is 1. The third-order valence-electron chi connectivity index (χ3n) is 9.00. The van der Waals surface area contributed by atoms with Gasteiger partial charge in [0.2, 0.25) is 23.6 Å². The zero-order valence-corrected chi connectivity index (χ0v) is 21.2. The first-order valence-corrected chi connectivity index (χ1v) is 13.5. The molecule has 2 aromatic carbocycles. The van der Waals surface area contributed by atoms with Crippen LogP contribution in [0.25, 0.3) is 10.8 Å². The van der Waals surface area contributed by atoms with E-state index in [1.54, 1.807) is 6.07 Å². The molecule has 6 rings (SSSR count). The van der Waals surface area contributed by atoms with E-state index in [1.165, 1.54) is 9.80 Å². The fourth-order valence-corrected chi connectivity index (χ4v) is 7.53. The molecule has 2 aromatic rings. The number of likely N-dealkylation sites (tertiary alicyclic amines) is 2. The molecule has 37 heavy (non-hydrogen) atoms. The summed E-state index contributed by atoms with van der Waals surface area (Å²) < 4.78 is 0. The fourth-order valence-electron chi connectivity index (χ4n) is 7.53. The normalized spacial score (nSPS) is 31.0. The molecule has 0 bridgehead atoms. The van der Waals surface area contributed by atoms with Gasteiger partial charge < -0.3 is 5.11 Å². The summed E-state index contributed by atoms with van der Waals surface area (Å²) in [5.41, 5.74) is 1.89. The maximum Gasteiger partial charge on any atom is 0.234 e. The molecule has 4 aliphatic rings. The summed E-state index contributed by atoms with van der Waals surface area (Å²) in [5, 5.41) is 12.1. The highest BCUT2D eigenvalue weighted by molar-refractivity contribution is 6.08. The first kappa shape index (κ1) is 23.9. The first-order chi connectivity index (χ1) is 17.9. The van der Waals surface area contributed by atoms with E-state index < -0.39 is 29.6 Å². The number of nitrogens with zero attached hydrogens (tertiary/aromatic N) is 2.